The van der Waals surface area contributed by atoms with Gasteiger partial charge in [0.15, 0.2) is 0 Å². The third-order valence-electron chi connectivity index (χ3n) is 4.31. The van der Waals surface area contributed by atoms with E-state index in [1.54, 1.807) is 0 Å². The van der Waals surface area contributed by atoms with Crippen molar-refractivity contribution in [1.29, 1.82) is 0 Å². The van der Waals surface area contributed by atoms with Crippen LogP contribution < -0.4 is 10.5 Å². The lowest BCUT2D eigenvalue weighted by molar-refractivity contribution is 0.282. The van der Waals surface area contributed by atoms with Crippen molar-refractivity contribution in [3.8, 4) is 0 Å². The Morgan fingerprint density at radius 2 is 2.00 bits per heavy atom. The van der Waals surface area contributed by atoms with E-state index in [2.05, 4.69) is 11.6 Å². The van der Waals surface area contributed by atoms with E-state index >= 15 is 0 Å². The zero-order valence-electron chi connectivity index (χ0n) is 12.5. The highest BCUT2D eigenvalue weighted by Gasteiger charge is 2.28. The van der Waals surface area contributed by atoms with Crippen LogP contribution in [-0.4, -0.2) is 14.5 Å². The monoisotopic (exact) mass is 314 g/mol. The lowest BCUT2D eigenvalue weighted by Crippen LogP contribution is -2.41. The molecule has 3 N–H and O–H groups in total. The molecule has 21 heavy (non-hydrogen) atoms. The van der Waals surface area contributed by atoms with E-state index in [-0.39, 0.29) is 22.2 Å². The molecular formula is C15H23FN2O2S. The van der Waals surface area contributed by atoms with Crippen LogP contribution >= 0.6 is 0 Å². The van der Waals surface area contributed by atoms with Gasteiger partial charge in [-0.1, -0.05) is 26.2 Å². The molecule has 1 aromatic rings. The maximum Gasteiger partial charge on any atom is 0.240 e. The Kier molecular flexibility index (Phi) is 4.88. The van der Waals surface area contributed by atoms with Crippen LogP contribution in [0.5, 0.6) is 0 Å². The lowest BCUT2D eigenvalue weighted by atomic mass is 9.83. The molecule has 2 unspecified atom stereocenters. The van der Waals surface area contributed by atoms with Crippen LogP contribution in [0.3, 0.4) is 0 Å². The van der Waals surface area contributed by atoms with E-state index < -0.39 is 15.8 Å². The molecule has 118 valence electrons. The summed E-state index contributed by atoms with van der Waals surface area (Å²) in [6.45, 7) is 3.59. The van der Waals surface area contributed by atoms with Gasteiger partial charge in [-0.3, -0.25) is 0 Å². The molecule has 0 spiro atoms. The highest BCUT2D eigenvalue weighted by Crippen LogP contribution is 2.28. The second-order valence-corrected chi connectivity index (χ2v) is 7.54. The van der Waals surface area contributed by atoms with Crippen LogP contribution in [0.25, 0.3) is 0 Å². The number of halogens is 1. The topological polar surface area (TPSA) is 72.2 Å². The van der Waals surface area contributed by atoms with Gasteiger partial charge < -0.3 is 5.73 Å². The maximum absolute atomic E-state index is 13.5. The van der Waals surface area contributed by atoms with Gasteiger partial charge in [0.2, 0.25) is 10.0 Å². The number of hydrogen-bond donors (Lipinski definition) is 2. The summed E-state index contributed by atoms with van der Waals surface area (Å²) in [5.74, 6) is -0.189. The zero-order chi connectivity index (χ0) is 15.6. The number of benzene rings is 1. The minimum Gasteiger partial charge on any atom is -0.396 e. The summed E-state index contributed by atoms with van der Waals surface area (Å²) in [4.78, 5) is 0.0410. The van der Waals surface area contributed by atoms with Crippen molar-refractivity contribution < 1.29 is 12.8 Å². The van der Waals surface area contributed by atoms with E-state index in [9.17, 15) is 12.8 Å². The molecule has 4 nitrogen and oxygen atoms in total. The van der Waals surface area contributed by atoms with E-state index in [0.29, 0.717) is 5.92 Å². The average molecular weight is 314 g/mol. The Morgan fingerprint density at radius 1 is 1.33 bits per heavy atom. The fourth-order valence-electron chi connectivity index (χ4n) is 3.04. The molecule has 1 aromatic carbocycles. The summed E-state index contributed by atoms with van der Waals surface area (Å²) < 4.78 is 41.3. The Morgan fingerprint density at radius 3 is 2.62 bits per heavy atom. The van der Waals surface area contributed by atoms with Gasteiger partial charge in [-0.05, 0) is 43.4 Å². The largest absolute Gasteiger partial charge is 0.396 e. The quantitative estimate of drug-likeness (QED) is 0.839. The van der Waals surface area contributed by atoms with Gasteiger partial charge in [0.25, 0.3) is 0 Å². The molecule has 0 bridgehead atoms. The highest BCUT2D eigenvalue weighted by atomic mass is 32.2. The van der Waals surface area contributed by atoms with Crippen molar-refractivity contribution in [1.82, 2.24) is 4.72 Å². The highest BCUT2D eigenvalue weighted by molar-refractivity contribution is 7.89. The van der Waals surface area contributed by atoms with Crippen molar-refractivity contribution in [2.45, 2.75) is 56.9 Å². The number of nitrogens with two attached hydrogens (primary N) is 1. The smallest absolute Gasteiger partial charge is 0.240 e. The van der Waals surface area contributed by atoms with Gasteiger partial charge in [0.1, 0.15) is 5.82 Å². The molecule has 1 fully saturated rings. The Labute approximate surface area is 126 Å². The second kappa shape index (κ2) is 6.32. The number of hydrogen-bond acceptors (Lipinski definition) is 3. The number of nitrogen functional groups attached to an aromatic ring is 1. The third-order valence-corrected chi connectivity index (χ3v) is 5.78. The molecule has 0 aromatic heterocycles. The predicted molar refractivity (Wildman–Crippen MR) is 81.9 cm³/mol. The first-order valence-electron chi connectivity index (χ1n) is 7.43. The van der Waals surface area contributed by atoms with Crippen LogP contribution in [0.1, 0.15) is 44.6 Å². The Bertz CT molecular complexity index is 593. The lowest BCUT2D eigenvalue weighted by Gasteiger charge is -2.31. The first-order valence-corrected chi connectivity index (χ1v) is 8.91. The molecule has 0 saturated heterocycles. The van der Waals surface area contributed by atoms with Crippen molar-refractivity contribution >= 4 is 15.7 Å². The molecule has 2 atom stereocenters. The molecule has 1 aliphatic carbocycles. The third kappa shape index (κ3) is 3.55. The first-order chi connectivity index (χ1) is 9.85. The number of sulfonamides is 1. The van der Waals surface area contributed by atoms with Crippen molar-refractivity contribution in [2.24, 2.45) is 5.92 Å². The number of aryl methyl sites for hydroxylation is 1. The molecule has 2 rings (SSSR count). The van der Waals surface area contributed by atoms with Crippen LogP contribution in [-0.2, 0) is 10.0 Å². The standard InChI is InChI=1S/C15H23FN2O2S/c1-3-11-6-4-5-7-14(11)18-21(19,20)12-8-10(2)15(16)13(17)9-12/h8-9,11,14,18H,3-7,17H2,1-2H3. The summed E-state index contributed by atoms with van der Waals surface area (Å²) in [5.41, 5.74) is 5.65. The van der Waals surface area contributed by atoms with E-state index in [4.69, 9.17) is 5.73 Å². The SMILES string of the molecule is CCC1CCCCC1NS(=O)(=O)c1cc(C)c(F)c(N)c1. The minimum absolute atomic E-state index is 0.0410. The van der Waals surface area contributed by atoms with Crippen molar-refractivity contribution in [2.75, 3.05) is 5.73 Å². The number of nitrogens with one attached hydrogen (secondary N) is 1. The van der Waals surface area contributed by atoms with E-state index in [1.807, 2.05) is 0 Å². The molecule has 0 radical (unpaired) electrons. The molecule has 0 amide bonds. The summed E-state index contributed by atoms with van der Waals surface area (Å²) in [6.07, 6.45) is 5.05. The summed E-state index contributed by atoms with van der Waals surface area (Å²) in [6, 6.07) is 2.48. The van der Waals surface area contributed by atoms with Gasteiger partial charge in [-0.25, -0.2) is 17.5 Å². The summed E-state index contributed by atoms with van der Waals surface area (Å²) in [7, 11) is -3.66. The average Bonchev–Trinajstić information content (AvgIpc) is 2.44. The first kappa shape index (κ1) is 16.2. The molecular weight excluding hydrogens is 291 g/mol. The van der Waals surface area contributed by atoms with Crippen LogP contribution in [0.15, 0.2) is 17.0 Å². The Balaban J connectivity index is 2.26. The van der Waals surface area contributed by atoms with E-state index in [0.717, 1.165) is 32.1 Å². The van der Waals surface area contributed by atoms with Crippen LogP contribution in [0.2, 0.25) is 0 Å². The number of rotatable bonds is 4. The molecule has 0 aliphatic heterocycles. The van der Waals surface area contributed by atoms with Crippen LogP contribution in [0, 0.1) is 18.7 Å². The predicted octanol–water partition coefficient (Wildman–Crippen LogP) is 2.96. The van der Waals surface area contributed by atoms with Crippen molar-refractivity contribution in [3.63, 3.8) is 0 Å². The van der Waals surface area contributed by atoms with Gasteiger partial charge in [-0.2, -0.15) is 0 Å². The molecule has 6 heteroatoms. The summed E-state index contributed by atoms with van der Waals surface area (Å²) >= 11 is 0. The normalized spacial score (nSPS) is 23.2. The zero-order valence-corrected chi connectivity index (χ0v) is 13.3. The fraction of sp³-hybridized carbons (Fsp3) is 0.600. The minimum atomic E-state index is -3.66. The summed E-state index contributed by atoms with van der Waals surface area (Å²) in [5, 5.41) is 0. The van der Waals surface area contributed by atoms with Gasteiger partial charge >= 0.3 is 0 Å². The fourth-order valence-corrected chi connectivity index (χ4v) is 4.50. The molecule has 1 saturated carbocycles. The van der Waals surface area contributed by atoms with E-state index in [1.165, 1.54) is 19.1 Å². The maximum atomic E-state index is 13.5. The van der Waals surface area contributed by atoms with Gasteiger partial charge in [0.05, 0.1) is 10.6 Å². The van der Waals surface area contributed by atoms with Gasteiger partial charge in [-0.15, -0.1) is 0 Å². The van der Waals surface area contributed by atoms with Crippen LogP contribution in [0.4, 0.5) is 10.1 Å². The second-order valence-electron chi connectivity index (χ2n) is 5.82. The number of anilines is 1. The Hall–Kier alpha value is -1.14. The molecule has 0 heterocycles. The molecule has 1 aliphatic rings. The van der Waals surface area contributed by atoms with Gasteiger partial charge in [0, 0.05) is 6.04 Å². The van der Waals surface area contributed by atoms with Crippen molar-refractivity contribution in [3.05, 3.63) is 23.5 Å².